The number of benzene rings is 1. The molecule has 2 nitrogen and oxygen atoms in total. The summed E-state index contributed by atoms with van der Waals surface area (Å²) in [6.45, 7) is 4.41. The Hall–Kier alpha value is -1.83. The molecule has 0 saturated carbocycles. The van der Waals surface area contributed by atoms with Crippen LogP contribution in [0.3, 0.4) is 0 Å². The van der Waals surface area contributed by atoms with Crippen LogP contribution in [-0.2, 0) is 5.41 Å². The number of nitrogens with zero attached hydrogens (tertiary/aromatic N) is 1. The lowest BCUT2D eigenvalue weighted by Crippen LogP contribution is -2.24. The minimum Gasteiger partial charge on any atom is -0.438 e. The standard InChI is InChI=1S/C14H13NO/c1-14(2)10-6-3-4-8-12(10)16-13-11(14)7-5-9-15-13/h3-9H,1-2H3. The monoisotopic (exact) mass is 211 g/mol. The van der Waals surface area contributed by atoms with Crippen molar-refractivity contribution in [3.63, 3.8) is 0 Å². The molecule has 0 amide bonds. The van der Waals surface area contributed by atoms with E-state index in [1.807, 2.05) is 24.3 Å². The van der Waals surface area contributed by atoms with Gasteiger partial charge in [-0.2, -0.15) is 0 Å². The quantitative estimate of drug-likeness (QED) is 0.665. The Balaban J connectivity index is 2.28. The van der Waals surface area contributed by atoms with Gasteiger partial charge in [0.05, 0.1) is 0 Å². The molecule has 0 fully saturated rings. The fraction of sp³-hybridized carbons (Fsp3) is 0.214. The first-order valence-electron chi connectivity index (χ1n) is 5.42. The van der Waals surface area contributed by atoms with Gasteiger partial charge in [0, 0.05) is 22.7 Å². The number of hydrogen-bond donors (Lipinski definition) is 0. The minimum atomic E-state index is -0.0432. The summed E-state index contributed by atoms with van der Waals surface area (Å²) in [6, 6.07) is 12.2. The van der Waals surface area contributed by atoms with Crippen molar-refractivity contribution >= 4 is 0 Å². The molecule has 0 aliphatic carbocycles. The third-order valence-corrected chi connectivity index (χ3v) is 3.21. The lowest BCUT2D eigenvalue weighted by Gasteiger charge is -2.33. The number of hydrogen-bond acceptors (Lipinski definition) is 2. The van der Waals surface area contributed by atoms with Crippen LogP contribution in [0.2, 0.25) is 0 Å². The van der Waals surface area contributed by atoms with Crippen LogP contribution in [0.25, 0.3) is 0 Å². The molecule has 2 heteroatoms. The second-order valence-electron chi connectivity index (χ2n) is 4.58. The van der Waals surface area contributed by atoms with E-state index in [2.05, 4.69) is 31.0 Å². The number of rotatable bonds is 0. The van der Waals surface area contributed by atoms with Gasteiger partial charge in [-0.25, -0.2) is 4.98 Å². The molecule has 0 atom stereocenters. The Morgan fingerprint density at radius 3 is 2.62 bits per heavy atom. The van der Waals surface area contributed by atoms with Gasteiger partial charge in [0.2, 0.25) is 5.88 Å². The highest BCUT2D eigenvalue weighted by Gasteiger charge is 2.34. The van der Waals surface area contributed by atoms with Crippen molar-refractivity contribution in [3.8, 4) is 11.6 Å². The molecule has 80 valence electrons. The zero-order chi connectivity index (χ0) is 11.2. The lowest BCUT2D eigenvalue weighted by molar-refractivity contribution is 0.401. The molecule has 2 heterocycles. The van der Waals surface area contributed by atoms with Crippen LogP contribution in [0.4, 0.5) is 0 Å². The van der Waals surface area contributed by atoms with E-state index in [1.54, 1.807) is 6.20 Å². The number of para-hydroxylation sites is 1. The average Bonchev–Trinajstić information content (AvgIpc) is 2.29. The molecule has 0 saturated heterocycles. The van der Waals surface area contributed by atoms with E-state index in [0.717, 1.165) is 17.2 Å². The van der Waals surface area contributed by atoms with Crippen molar-refractivity contribution in [2.24, 2.45) is 0 Å². The number of ether oxygens (including phenoxy) is 1. The molecule has 16 heavy (non-hydrogen) atoms. The van der Waals surface area contributed by atoms with Gasteiger partial charge in [0.1, 0.15) is 5.75 Å². The zero-order valence-electron chi connectivity index (χ0n) is 9.40. The zero-order valence-corrected chi connectivity index (χ0v) is 9.40. The molecular weight excluding hydrogens is 198 g/mol. The van der Waals surface area contributed by atoms with E-state index < -0.39 is 0 Å². The molecular formula is C14H13NO. The van der Waals surface area contributed by atoms with Crippen LogP contribution in [-0.4, -0.2) is 4.98 Å². The highest BCUT2D eigenvalue weighted by molar-refractivity contribution is 5.53. The first-order chi connectivity index (χ1) is 7.69. The summed E-state index contributed by atoms with van der Waals surface area (Å²) >= 11 is 0. The Kier molecular flexibility index (Phi) is 1.81. The molecule has 1 aromatic heterocycles. The Morgan fingerprint density at radius 2 is 1.75 bits per heavy atom. The van der Waals surface area contributed by atoms with Crippen molar-refractivity contribution in [2.45, 2.75) is 19.3 Å². The van der Waals surface area contributed by atoms with Gasteiger partial charge in [-0.3, -0.25) is 0 Å². The summed E-state index contributed by atoms with van der Waals surface area (Å²) in [7, 11) is 0. The average molecular weight is 211 g/mol. The fourth-order valence-electron chi connectivity index (χ4n) is 2.27. The van der Waals surface area contributed by atoms with Crippen molar-refractivity contribution in [2.75, 3.05) is 0 Å². The van der Waals surface area contributed by atoms with E-state index >= 15 is 0 Å². The molecule has 2 aromatic rings. The molecule has 0 radical (unpaired) electrons. The summed E-state index contributed by atoms with van der Waals surface area (Å²) in [5, 5.41) is 0. The van der Waals surface area contributed by atoms with E-state index in [0.29, 0.717) is 0 Å². The Bertz CT molecular complexity index is 498. The van der Waals surface area contributed by atoms with E-state index in [4.69, 9.17) is 4.74 Å². The van der Waals surface area contributed by atoms with Crippen LogP contribution in [0.5, 0.6) is 11.6 Å². The first kappa shape index (κ1) is 9.40. The molecule has 1 aromatic carbocycles. The Labute approximate surface area is 94.9 Å². The predicted octanol–water partition coefficient (Wildman–Crippen LogP) is 3.51. The van der Waals surface area contributed by atoms with Crippen LogP contribution in [0.15, 0.2) is 42.6 Å². The van der Waals surface area contributed by atoms with Gasteiger partial charge in [-0.15, -0.1) is 0 Å². The molecule has 0 bridgehead atoms. The van der Waals surface area contributed by atoms with Gasteiger partial charge in [0.15, 0.2) is 0 Å². The van der Waals surface area contributed by atoms with Gasteiger partial charge in [-0.1, -0.05) is 38.1 Å². The van der Waals surface area contributed by atoms with Crippen LogP contribution in [0.1, 0.15) is 25.0 Å². The van der Waals surface area contributed by atoms with Crippen LogP contribution < -0.4 is 4.74 Å². The largest absolute Gasteiger partial charge is 0.438 e. The molecule has 0 spiro atoms. The predicted molar refractivity (Wildman–Crippen MR) is 62.9 cm³/mol. The van der Waals surface area contributed by atoms with Gasteiger partial charge < -0.3 is 4.74 Å². The van der Waals surface area contributed by atoms with Crippen molar-refractivity contribution in [1.82, 2.24) is 4.98 Å². The van der Waals surface area contributed by atoms with Crippen molar-refractivity contribution in [3.05, 3.63) is 53.7 Å². The van der Waals surface area contributed by atoms with Gasteiger partial charge in [0.25, 0.3) is 0 Å². The molecule has 3 rings (SSSR count). The minimum absolute atomic E-state index is 0.0432. The van der Waals surface area contributed by atoms with Gasteiger partial charge >= 0.3 is 0 Å². The molecule has 0 unspecified atom stereocenters. The lowest BCUT2D eigenvalue weighted by atomic mass is 9.77. The summed E-state index contributed by atoms with van der Waals surface area (Å²) in [6.07, 6.45) is 1.77. The fourth-order valence-corrected chi connectivity index (χ4v) is 2.27. The maximum absolute atomic E-state index is 5.80. The maximum atomic E-state index is 5.80. The van der Waals surface area contributed by atoms with E-state index in [1.165, 1.54) is 5.56 Å². The topological polar surface area (TPSA) is 22.1 Å². The van der Waals surface area contributed by atoms with Crippen molar-refractivity contribution < 1.29 is 4.74 Å². The molecule has 1 aliphatic heterocycles. The third-order valence-electron chi connectivity index (χ3n) is 3.21. The van der Waals surface area contributed by atoms with Gasteiger partial charge in [-0.05, 0) is 12.1 Å². The molecule has 1 aliphatic rings. The van der Waals surface area contributed by atoms with Crippen LogP contribution in [0, 0.1) is 0 Å². The summed E-state index contributed by atoms with van der Waals surface area (Å²) in [4.78, 5) is 4.29. The second-order valence-corrected chi connectivity index (χ2v) is 4.58. The summed E-state index contributed by atoms with van der Waals surface area (Å²) in [5.41, 5.74) is 2.32. The SMILES string of the molecule is CC1(C)c2ccccc2Oc2ncccc21. The normalized spacial score (nSPS) is 15.9. The number of pyridine rings is 1. The highest BCUT2D eigenvalue weighted by atomic mass is 16.5. The van der Waals surface area contributed by atoms with E-state index in [9.17, 15) is 0 Å². The van der Waals surface area contributed by atoms with Crippen molar-refractivity contribution in [1.29, 1.82) is 0 Å². The summed E-state index contributed by atoms with van der Waals surface area (Å²) in [5.74, 6) is 1.64. The number of fused-ring (bicyclic) bond motifs is 2. The Morgan fingerprint density at radius 1 is 1.00 bits per heavy atom. The maximum Gasteiger partial charge on any atom is 0.223 e. The smallest absolute Gasteiger partial charge is 0.223 e. The highest BCUT2D eigenvalue weighted by Crippen LogP contribution is 2.46. The number of aromatic nitrogens is 1. The van der Waals surface area contributed by atoms with E-state index in [-0.39, 0.29) is 5.41 Å². The first-order valence-corrected chi connectivity index (χ1v) is 5.42. The second kappa shape index (κ2) is 3.08. The molecule has 0 N–H and O–H groups in total. The third kappa shape index (κ3) is 1.16. The summed E-state index contributed by atoms with van der Waals surface area (Å²) < 4.78 is 5.80. The van der Waals surface area contributed by atoms with Crippen LogP contribution >= 0.6 is 0 Å².